The molecular formula is C12H8O3. The van der Waals surface area contributed by atoms with Gasteiger partial charge in [-0.2, -0.15) is 0 Å². The molecule has 1 aliphatic rings. The van der Waals surface area contributed by atoms with Gasteiger partial charge >= 0.3 is 0 Å². The van der Waals surface area contributed by atoms with Crippen LogP contribution in [0.15, 0.2) is 30.3 Å². The molecule has 0 N–H and O–H groups in total. The Morgan fingerprint density at radius 2 is 1.93 bits per heavy atom. The smallest absolute Gasteiger partial charge is 0.231 e. The third-order valence-electron chi connectivity index (χ3n) is 2.54. The third kappa shape index (κ3) is 1.09. The zero-order valence-electron chi connectivity index (χ0n) is 7.90. The van der Waals surface area contributed by atoms with Crippen LogP contribution in [0.1, 0.15) is 10.4 Å². The van der Waals surface area contributed by atoms with Gasteiger partial charge in [0.2, 0.25) is 6.79 Å². The van der Waals surface area contributed by atoms with Crippen LogP contribution in [0.5, 0.6) is 11.5 Å². The van der Waals surface area contributed by atoms with Gasteiger partial charge in [0.15, 0.2) is 17.8 Å². The average molecular weight is 200 g/mol. The first-order valence-electron chi connectivity index (χ1n) is 4.66. The highest BCUT2D eigenvalue weighted by molar-refractivity contribution is 6.02. The van der Waals surface area contributed by atoms with Crippen LogP contribution in [-0.4, -0.2) is 13.1 Å². The molecule has 0 spiro atoms. The van der Waals surface area contributed by atoms with Gasteiger partial charge < -0.3 is 9.47 Å². The van der Waals surface area contributed by atoms with E-state index in [2.05, 4.69) is 0 Å². The van der Waals surface area contributed by atoms with E-state index < -0.39 is 0 Å². The molecule has 0 fully saturated rings. The Kier molecular flexibility index (Phi) is 1.65. The van der Waals surface area contributed by atoms with Crippen LogP contribution < -0.4 is 9.47 Å². The van der Waals surface area contributed by atoms with Crippen LogP contribution in [0.25, 0.3) is 10.8 Å². The van der Waals surface area contributed by atoms with Crippen LogP contribution in [-0.2, 0) is 0 Å². The molecule has 0 aliphatic carbocycles. The molecule has 0 bridgehead atoms. The molecule has 0 radical (unpaired) electrons. The number of rotatable bonds is 1. The lowest BCUT2D eigenvalue weighted by atomic mass is 10.0. The zero-order chi connectivity index (χ0) is 10.3. The SMILES string of the molecule is O=Cc1cc2c(c3ccccc13)OCO2. The van der Waals surface area contributed by atoms with E-state index in [9.17, 15) is 4.79 Å². The van der Waals surface area contributed by atoms with Gasteiger partial charge in [-0.25, -0.2) is 0 Å². The molecule has 3 nitrogen and oxygen atoms in total. The maximum Gasteiger partial charge on any atom is 0.231 e. The Bertz CT molecular complexity index is 546. The number of hydrogen-bond donors (Lipinski definition) is 0. The highest BCUT2D eigenvalue weighted by atomic mass is 16.7. The lowest BCUT2D eigenvalue weighted by molar-refractivity contribution is 0.112. The van der Waals surface area contributed by atoms with Crippen LogP contribution in [0, 0.1) is 0 Å². The number of carbonyl (C=O) groups is 1. The third-order valence-corrected chi connectivity index (χ3v) is 2.54. The molecule has 2 aromatic rings. The average Bonchev–Trinajstić information content (AvgIpc) is 2.76. The van der Waals surface area contributed by atoms with Crippen molar-refractivity contribution in [1.29, 1.82) is 0 Å². The van der Waals surface area contributed by atoms with E-state index in [-0.39, 0.29) is 6.79 Å². The van der Waals surface area contributed by atoms with E-state index in [0.29, 0.717) is 11.3 Å². The summed E-state index contributed by atoms with van der Waals surface area (Å²) in [6.45, 7) is 0.224. The summed E-state index contributed by atoms with van der Waals surface area (Å²) in [5, 5.41) is 1.83. The molecule has 1 heterocycles. The fourth-order valence-corrected chi connectivity index (χ4v) is 1.86. The molecule has 0 unspecified atom stereocenters. The van der Waals surface area contributed by atoms with E-state index in [4.69, 9.17) is 9.47 Å². The zero-order valence-corrected chi connectivity index (χ0v) is 7.90. The molecule has 2 aromatic carbocycles. The molecule has 3 rings (SSSR count). The van der Waals surface area contributed by atoms with Crippen molar-refractivity contribution in [2.75, 3.05) is 6.79 Å². The maximum atomic E-state index is 10.9. The molecule has 0 saturated carbocycles. The Hall–Kier alpha value is -2.03. The normalized spacial score (nSPS) is 13.1. The summed E-state index contributed by atoms with van der Waals surface area (Å²) in [6, 6.07) is 9.37. The molecule has 0 atom stereocenters. The summed E-state index contributed by atoms with van der Waals surface area (Å²) in [4.78, 5) is 10.9. The minimum absolute atomic E-state index is 0.224. The van der Waals surface area contributed by atoms with Crippen molar-refractivity contribution >= 4 is 17.1 Å². The summed E-state index contributed by atoms with van der Waals surface area (Å²) in [6.07, 6.45) is 0.838. The molecule has 0 saturated heterocycles. The van der Waals surface area contributed by atoms with Crippen molar-refractivity contribution < 1.29 is 14.3 Å². The first kappa shape index (κ1) is 8.29. The lowest BCUT2D eigenvalue weighted by Gasteiger charge is -2.04. The molecule has 3 heteroatoms. The van der Waals surface area contributed by atoms with Gasteiger partial charge in [-0.05, 0) is 11.5 Å². The Morgan fingerprint density at radius 1 is 1.13 bits per heavy atom. The first-order chi connectivity index (χ1) is 7.40. The second-order valence-corrected chi connectivity index (χ2v) is 3.36. The van der Waals surface area contributed by atoms with E-state index in [1.165, 1.54) is 0 Å². The summed E-state index contributed by atoms with van der Waals surface area (Å²) >= 11 is 0. The number of aldehydes is 1. The molecule has 0 aromatic heterocycles. The van der Waals surface area contributed by atoms with Crippen LogP contribution in [0.3, 0.4) is 0 Å². The van der Waals surface area contributed by atoms with Crippen molar-refractivity contribution in [2.45, 2.75) is 0 Å². The van der Waals surface area contributed by atoms with E-state index in [1.807, 2.05) is 24.3 Å². The number of fused-ring (bicyclic) bond motifs is 3. The van der Waals surface area contributed by atoms with Crippen LogP contribution >= 0.6 is 0 Å². The molecule has 1 aliphatic heterocycles. The molecule has 0 amide bonds. The number of carbonyl (C=O) groups excluding carboxylic acids is 1. The van der Waals surface area contributed by atoms with Crippen molar-refractivity contribution in [3.05, 3.63) is 35.9 Å². The highest BCUT2D eigenvalue weighted by Gasteiger charge is 2.18. The van der Waals surface area contributed by atoms with E-state index >= 15 is 0 Å². The second-order valence-electron chi connectivity index (χ2n) is 3.36. The van der Waals surface area contributed by atoms with Crippen molar-refractivity contribution in [3.8, 4) is 11.5 Å². The van der Waals surface area contributed by atoms with Gasteiger partial charge in [0.05, 0.1) is 0 Å². The van der Waals surface area contributed by atoms with Gasteiger partial charge in [0, 0.05) is 10.9 Å². The maximum absolute atomic E-state index is 10.9. The Labute approximate surface area is 86.2 Å². The van der Waals surface area contributed by atoms with Crippen LogP contribution in [0.4, 0.5) is 0 Å². The van der Waals surface area contributed by atoms with Gasteiger partial charge in [-0.3, -0.25) is 4.79 Å². The van der Waals surface area contributed by atoms with Crippen LogP contribution in [0.2, 0.25) is 0 Å². The van der Waals surface area contributed by atoms with Crippen molar-refractivity contribution in [3.63, 3.8) is 0 Å². The van der Waals surface area contributed by atoms with E-state index in [0.717, 1.165) is 22.8 Å². The Balaban J connectivity index is 2.46. The summed E-state index contributed by atoms with van der Waals surface area (Å²) < 4.78 is 10.6. The predicted octanol–water partition coefficient (Wildman–Crippen LogP) is 2.38. The molecule has 15 heavy (non-hydrogen) atoms. The minimum atomic E-state index is 0.224. The fraction of sp³-hybridized carbons (Fsp3) is 0.0833. The standard InChI is InChI=1S/C12H8O3/c13-6-8-5-11-12(15-7-14-11)10-4-2-1-3-9(8)10/h1-6H,7H2. The monoisotopic (exact) mass is 200 g/mol. The van der Waals surface area contributed by atoms with Gasteiger partial charge in [0.1, 0.15) is 0 Å². The van der Waals surface area contributed by atoms with Gasteiger partial charge in [-0.1, -0.05) is 24.3 Å². The van der Waals surface area contributed by atoms with E-state index in [1.54, 1.807) is 6.07 Å². The van der Waals surface area contributed by atoms with Crippen molar-refractivity contribution in [1.82, 2.24) is 0 Å². The predicted molar refractivity (Wildman–Crippen MR) is 55.5 cm³/mol. The van der Waals surface area contributed by atoms with Gasteiger partial charge in [0.25, 0.3) is 0 Å². The quantitative estimate of drug-likeness (QED) is 0.663. The Morgan fingerprint density at radius 3 is 2.73 bits per heavy atom. The highest BCUT2D eigenvalue weighted by Crippen LogP contribution is 2.40. The summed E-state index contributed by atoms with van der Waals surface area (Å²) in [7, 11) is 0. The summed E-state index contributed by atoms with van der Waals surface area (Å²) in [5.41, 5.74) is 0.634. The summed E-state index contributed by atoms with van der Waals surface area (Å²) in [5.74, 6) is 1.38. The number of hydrogen-bond acceptors (Lipinski definition) is 3. The molecule has 74 valence electrons. The van der Waals surface area contributed by atoms with Crippen molar-refractivity contribution in [2.24, 2.45) is 0 Å². The lowest BCUT2D eigenvalue weighted by Crippen LogP contribution is -1.93. The minimum Gasteiger partial charge on any atom is -0.454 e. The number of benzene rings is 2. The molecular weight excluding hydrogens is 192 g/mol. The number of ether oxygens (including phenoxy) is 2. The largest absolute Gasteiger partial charge is 0.454 e. The first-order valence-corrected chi connectivity index (χ1v) is 4.66. The topological polar surface area (TPSA) is 35.5 Å². The fourth-order valence-electron chi connectivity index (χ4n) is 1.86. The van der Waals surface area contributed by atoms with Gasteiger partial charge in [-0.15, -0.1) is 0 Å². The second kappa shape index (κ2) is 2.98.